The Morgan fingerprint density at radius 3 is 1.65 bits per heavy atom. The van der Waals surface area contributed by atoms with Gasteiger partial charge in [-0.3, -0.25) is 4.79 Å². The molecule has 3 aliphatic rings. The van der Waals surface area contributed by atoms with Crippen molar-refractivity contribution >= 4 is 5.97 Å². The summed E-state index contributed by atoms with van der Waals surface area (Å²) < 4.78 is 0. The molecule has 0 aromatic heterocycles. The lowest BCUT2D eigenvalue weighted by molar-refractivity contribution is -0.171. The molecule has 2 nitrogen and oxygen atoms in total. The zero-order chi connectivity index (χ0) is 26.5. The second-order valence-electron chi connectivity index (χ2n) is 14.0. The van der Waals surface area contributed by atoms with Gasteiger partial charge in [-0.15, -0.1) is 0 Å². The van der Waals surface area contributed by atoms with Gasteiger partial charge in [0, 0.05) is 0 Å². The second kappa shape index (κ2) is 15.9. The highest BCUT2D eigenvalue weighted by Crippen LogP contribution is 2.64. The maximum atomic E-state index is 13.1. The standard InChI is InChI=1S/C35H64O2/c1-3-5-7-9-10-11-12-17-23-33(31-21-15-13-16-22-31)27-29-34(30-28-33,24-18-8-6-4-2)35(32(36)37)25-19-14-20-26-35/h31H,3-30H2,1-2H3,(H,36,37). The van der Waals surface area contributed by atoms with Crippen molar-refractivity contribution in [2.24, 2.45) is 22.2 Å². The average molecular weight is 517 g/mol. The van der Waals surface area contributed by atoms with Crippen molar-refractivity contribution in [1.29, 1.82) is 0 Å². The maximum Gasteiger partial charge on any atom is 0.310 e. The van der Waals surface area contributed by atoms with Gasteiger partial charge in [-0.25, -0.2) is 0 Å². The zero-order valence-corrected chi connectivity index (χ0v) is 25.2. The summed E-state index contributed by atoms with van der Waals surface area (Å²) in [5.74, 6) is 0.479. The number of carboxylic acids is 1. The number of unbranched alkanes of at least 4 members (excludes halogenated alkanes) is 10. The molecule has 0 spiro atoms. The van der Waals surface area contributed by atoms with Gasteiger partial charge < -0.3 is 5.11 Å². The molecule has 3 saturated carbocycles. The molecule has 0 radical (unpaired) electrons. The third-order valence-electron chi connectivity index (χ3n) is 11.8. The summed E-state index contributed by atoms with van der Waals surface area (Å²) in [4.78, 5) is 13.1. The van der Waals surface area contributed by atoms with E-state index < -0.39 is 11.4 Å². The van der Waals surface area contributed by atoms with E-state index in [1.54, 1.807) is 0 Å². The summed E-state index contributed by atoms with van der Waals surface area (Å²) in [5.41, 5.74) is 0.142. The summed E-state index contributed by atoms with van der Waals surface area (Å²) in [5, 5.41) is 10.8. The van der Waals surface area contributed by atoms with E-state index >= 15 is 0 Å². The van der Waals surface area contributed by atoms with Gasteiger partial charge in [-0.2, -0.15) is 0 Å². The topological polar surface area (TPSA) is 37.3 Å². The highest BCUT2D eigenvalue weighted by molar-refractivity contribution is 5.76. The molecule has 3 aliphatic carbocycles. The zero-order valence-electron chi connectivity index (χ0n) is 25.2. The normalized spacial score (nSPS) is 28.8. The molecule has 0 aromatic rings. The number of aliphatic carboxylic acids is 1. The van der Waals surface area contributed by atoms with Crippen molar-refractivity contribution in [3.8, 4) is 0 Å². The maximum absolute atomic E-state index is 13.1. The van der Waals surface area contributed by atoms with Crippen LogP contribution in [0, 0.1) is 22.2 Å². The van der Waals surface area contributed by atoms with Gasteiger partial charge in [-0.05, 0) is 81.0 Å². The molecule has 3 rings (SSSR count). The predicted octanol–water partition coefficient (Wildman–Crippen LogP) is 11.6. The molecule has 37 heavy (non-hydrogen) atoms. The Morgan fingerprint density at radius 2 is 1.08 bits per heavy atom. The fourth-order valence-corrected chi connectivity index (χ4v) is 9.40. The first kappa shape index (κ1) is 31.0. The number of hydrogen-bond acceptors (Lipinski definition) is 1. The second-order valence-corrected chi connectivity index (χ2v) is 14.0. The largest absolute Gasteiger partial charge is 0.481 e. The van der Waals surface area contributed by atoms with E-state index in [2.05, 4.69) is 13.8 Å². The van der Waals surface area contributed by atoms with Crippen LogP contribution in [0.25, 0.3) is 0 Å². The van der Waals surface area contributed by atoms with Gasteiger partial charge in [0.25, 0.3) is 0 Å². The van der Waals surface area contributed by atoms with E-state index in [0.29, 0.717) is 5.41 Å². The van der Waals surface area contributed by atoms with Crippen molar-refractivity contribution in [2.45, 2.75) is 194 Å². The number of carboxylic acid groups (broad SMARTS) is 1. The first-order valence-corrected chi connectivity index (χ1v) is 17.3. The molecule has 0 aliphatic heterocycles. The van der Waals surface area contributed by atoms with Crippen LogP contribution in [0.2, 0.25) is 0 Å². The summed E-state index contributed by atoms with van der Waals surface area (Å²) in [7, 11) is 0. The molecule has 3 fully saturated rings. The van der Waals surface area contributed by atoms with Gasteiger partial charge in [0.1, 0.15) is 0 Å². The van der Waals surface area contributed by atoms with Crippen molar-refractivity contribution in [2.75, 3.05) is 0 Å². The molecule has 0 saturated heterocycles. The fourth-order valence-electron chi connectivity index (χ4n) is 9.40. The van der Waals surface area contributed by atoms with Crippen LogP contribution < -0.4 is 0 Å². The van der Waals surface area contributed by atoms with Crippen LogP contribution in [0.1, 0.15) is 194 Å². The van der Waals surface area contributed by atoms with Gasteiger partial charge in [0.15, 0.2) is 0 Å². The molecular weight excluding hydrogens is 452 g/mol. The van der Waals surface area contributed by atoms with Gasteiger partial charge >= 0.3 is 5.97 Å². The average Bonchev–Trinajstić information content (AvgIpc) is 2.94. The van der Waals surface area contributed by atoms with Crippen LogP contribution in [0.4, 0.5) is 0 Å². The van der Waals surface area contributed by atoms with Gasteiger partial charge in [-0.1, -0.05) is 129 Å². The highest BCUT2D eigenvalue weighted by Gasteiger charge is 2.59. The molecule has 0 heterocycles. The van der Waals surface area contributed by atoms with Crippen LogP contribution in [0.5, 0.6) is 0 Å². The van der Waals surface area contributed by atoms with E-state index in [9.17, 15) is 9.90 Å². The SMILES string of the molecule is CCCCCCCCCCC1(C2CCCCC2)CCC(CCCCCC)(C2(C(=O)O)CCCCC2)CC1. The monoisotopic (exact) mass is 516 g/mol. The van der Waals surface area contributed by atoms with Crippen molar-refractivity contribution in [3.63, 3.8) is 0 Å². The molecule has 1 N–H and O–H groups in total. The third-order valence-corrected chi connectivity index (χ3v) is 11.8. The number of carbonyl (C=O) groups is 1. The van der Waals surface area contributed by atoms with Crippen molar-refractivity contribution in [1.82, 2.24) is 0 Å². The van der Waals surface area contributed by atoms with E-state index in [1.807, 2.05) is 0 Å². The number of hydrogen-bond donors (Lipinski definition) is 1. The van der Waals surface area contributed by atoms with Crippen LogP contribution >= 0.6 is 0 Å². The lowest BCUT2D eigenvalue weighted by Crippen LogP contribution is -2.53. The lowest BCUT2D eigenvalue weighted by atomic mass is 9.46. The Hall–Kier alpha value is -0.530. The summed E-state index contributed by atoms with van der Waals surface area (Å²) in [6, 6.07) is 0. The molecule has 0 amide bonds. The van der Waals surface area contributed by atoms with Gasteiger partial charge in [0.2, 0.25) is 0 Å². The summed E-state index contributed by atoms with van der Waals surface area (Å²) in [6.45, 7) is 4.60. The quantitative estimate of drug-likeness (QED) is 0.195. The molecule has 0 bridgehead atoms. The fraction of sp³-hybridized carbons (Fsp3) is 0.971. The highest BCUT2D eigenvalue weighted by atomic mass is 16.4. The van der Waals surface area contributed by atoms with Gasteiger partial charge in [0.05, 0.1) is 5.41 Å². The molecule has 0 atom stereocenters. The molecule has 2 heteroatoms. The molecule has 0 aromatic carbocycles. The third kappa shape index (κ3) is 8.00. The van der Waals surface area contributed by atoms with E-state index in [-0.39, 0.29) is 5.41 Å². The van der Waals surface area contributed by atoms with E-state index in [0.717, 1.165) is 31.6 Å². The minimum atomic E-state index is -0.436. The lowest BCUT2D eigenvalue weighted by Gasteiger charge is -2.58. The minimum absolute atomic E-state index is 0.0600. The Morgan fingerprint density at radius 1 is 0.595 bits per heavy atom. The number of rotatable bonds is 17. The first-order valence-electron chi connectivity index (χ1n) is 17.3. The Kier molecular flexibility index (Phi) is 13.3. The van der Waals surface area contributed by atoms with Crippen LogP contribution in [-0.4, -0.2) is 11.1 Å². The summed E-state index contributed by atoms with van der Waals surface area (Å²) in [6.07, 6.45) is 36.7. The first-order chi connectivity index (χ1) is 18.0. The van der Waals surface area contributed by atoms with Crippen molar-refractivity contribution < 1.29 is 9.90 Å². The molecule has 0 unspecified atom stereocenters. The summed E-state index contributed by atoms with van der Waals surface area (Å²) >= 11 is 0. The van der Waals surface area contributed by atoms with E-state index in [1.165, 1.54) is 154 Å². The van der Waals surface area contributed by atoms with Crippen molar-refractivity contribution in [3.05, 3.63) is 0 Å². The molecule has 216 valence electrons. The van der Waals surface area contributed by atoms with Crippen LogP contribution in [0.3, 0.4) is 0 Å². The Labute approximate surface area is 231 Å². The predicted molar refractivity (Wildman–Crippen MR) is 159 cm³/mol. The Bertz CT molecular complexity index is 617. The van der Waals surface area contributed by atoms with Crippen LogP contribution in [-0.2, 0) is 4.79 Å². The minimum Gasteiger partial charge on any atom is -0.481 e. The molecular formula is C35H64O2. The van der Waals surface area contributed by atoms with E-state index in [4.69, 9.17) is 0 Å². The van der Waals surface area contributed by atoms with Crippen LogP contribution in [0.15, 0.2) is 0 Å². The Balaban J connectivity index is 1.70. The smallest absolute Gasteiger partial charge is 0.310 e.